The number of anilines is 1. The molecule has 0 saturated carbocycles. The highest BCUT2D eigenvalue weighted by Gasteiger charge is 2.10. The van der Waals surface area contributed by atoms with Crippen molar-refractivity contribution in [1.82, 2.24) is 15.1 Å². The third-order valence-corrected chi connectivity index (χ3v) is 3.19. The van der Waals surface area contributed by atoms with Gasteiger partial charge in [0.25, 0.3) is 0 Å². The summed E-state index contributed by atoms with van der Waals surface area (Å²) >= 11 is 0. The standard InChI is InChI=1S/C16H16N4O/c1-12-7-9-17-11-14(12)16-19-15(21-20-16)8-10-18-13-5-3-2-4-6-13/h2-7,9,11,18H,8,10H2,1H3. The Labute approximate surface area is 123 Å². The van der Waals surface area contributed by atoms with Gasteiger partial charge in [0, 0.05) is 36.6 Å². The van der Waals surface area contributed by atoms with Gasteiger partial charge in [-0.05, 0) is 30.7 Å². The third kappa shape index (κ3) is 3.25. The minimum atomic E-state index is 0.593. The molecule has 1 aromatic carbocycles. The molecule has 0 atom stereocenters. The molecule has 0 bridgehead atoms. The molecule has 0 spiro atoms. The zero-order chi connectivity index (χ0) is 14.5. The molecule has 5 nitrogen and oxygen atoms in total. The first kappa shape index (κ1) is 13.3. The monoisotopic (exact) mass is 280 g/mol. The lowest BCUT2D eigenvalue weighted by Gasteiger charge is -2.03. The molecule has 3 rings (SSSR count). The van der Waals surface area contributed by atoms with E-state index in [1.165, 1.54) is 0 Å². The molecule has 0 amide bonds. The summed E-state index contributed by atoms with van der Waals surface area (Å²) in [6, 6.07) is 12.0. The summed E-state index contributed by atoms with van der Waals surface area (Å²) in [5.41, 5.74) is 3.07. The number of nitrogens with zero attached hydrogens (tertiary/aromatic N) is 3. The SMILES string of the molecule is Cc1ccncc1-c1noc(CCNc2ccccc2)n1. The second-order valence-electron chi connectivity index (χ2n) is 4.75. The largest absolute Gasteiger partial charge is 0.385 e. The van der Waals surface area contributed by atoms with Crippen molar-refractivity contribution in [3.8, 4) is 11.4 Å². The molecule has 0 radical (unpaired) electrons. The van der Waals surface area contributed by atoms with E-state index >= 15 is 0 Å². The average Bonchev–Trinajstić information content (AvgIpc) is 2.97. The zero-order valence-electron chi connectivity index (χ0n) is 11.8. The van der Waals surface area contributed by atoms with E-state index in [0.29, 0.717) is 18.1 Å². The van der Waals surface area contributed by atoms with Crippen LogP contribution >= 0.6 is 0 Å². The van der Waals surface area contributed by atoms with Crippen LogP contribution in [0.25, 0.3) is 11.4 Å². The van der Waals surface area contributed by atoms with Gasteiger partial charge >= 0.3 is 0 Å². The van der Waals surface area contributed by atoms with Crippen LogP contribution in [0.1, 0.15) is 11.5 Å². The molecule has 0 aliphatic heterocycles. The van der Waals surface area contributed by atoms with Crippen LogP contribution in [0, 0.1) is 6.92 Å². The predicted molar refractivity (Wildman–Crippen MR) is 80.9 cm³/mol. The lowest BCUT2D eigenvalue weighted by atomic mass is 10.1. The third-order valence-electron chi connectivity index (χ3n) is 3.19. The molecule has 0 fully saturated rings. The van der Waals surface area contributed by atoms with Crippen LogP contribution in [-0.4, -0.2) is 21.7 Å². The lowest BCUT2D eigenvalue weighted by Crippen LogP contribution is -2.04. The minimum Gasteiger partial charge on any atom is -0.385 e. The average molecular weight is 280 g/mol. The molecule has 0 saturated heterocycles. The van der Waals surface area contributed by atoms with E-state index < -0.39 is 0 Å². The van der Waals surface area contributed by atoms with E-state index in [2.05, 4.69) is 20.4 Å². The number of aromatic nitrogens is 3. The van der Waals surface area contributed by atoms with Gasteiger partial charge in [-0.25, -0.2) is 0 Å². The Morgan fingerprint density at radius 1 is 1.14 bits per heavy atom. The summed E-state index contributed by atoms with van der Waals surface area (Å²) in [5.74, 6) is 1.21. The molecular weight excluding hydrogens is 264 g/mol. The quantitative estimate of drug-likeness (QED) is 0.778. The maximum atomic E-state index is 5.28. The number of pyridine rings is 1. The topological polar surface area (TPSA) is 63.8 Å². The van der Waals surface area contributed by atoms with Crippen molar-refractivity contribution in [2.75, 3.05) is 11.9 Å². The molecular formula is C16H16N4O. The van der Waals surface area contributed by atoms with Gasteiger partial charge in [0.05, 0.1) is 0 Å². The van der Waals surface area contributed by atoms with Crippen LogP contribution in [0.15, 0.2) is 53.3 Å². The molecule has 0 aliphatic rings. The summed E-state index contributed by atoms with van der Waals surface area (Å²) in [5, 5.41) is 7.33. The van der Waals surface area contributed by atoms with Crippen molar-refractivity contribution in [3.05, 3.63) is 60.2 Å². The minimum absolute atomic E-state index is 0.593. The van der Waals surface area contributed by atoms with Crippen molar-refractivity contribution in [3.63, 3.8) is 0 Å². The Balaban J connectivity index is 1.62. The number of rotatable bonds is 5. The van der Waals surface area contributed by atoms with Crippen molar-refractivity contribution < 1.29 is 4.52 Å². The van der Waals surface area contributed by atoms with E-state index in [-0.39, 0.29) is 0 Å². The first-order valence-corrected chi connectivity index (χ1v) is 6.85. The Kier molecular flexibility index (Phi) is 3.91. The van der Waals surface area contributed by atoms with Crippen LogP contribution in [0.2, 0.25) is 0 Å². The number of hydrogen-bond acceptors (Lipinski definition) is 5. The van der Waals surface area contributed by atoms with Crippen LogP contribution in [-0.2, 0) is 6.42 Å². The van der Waals surface area contributed by atoms with Gasteiger partial charge in [-0.15, -0.1) is 0 Å². The Hall–Kier alpha value is -2.69. The van der Waals surface area contributed by atoms with E-state index in [1.54, 1.807) is 12.4 Å². The maximum Gasteiger partial charge on any atom is 0.228 e. The number of para-hydroxylation sites is 1. The smallest absolute Gasteiger partial charge is 0.228 e. The van der Waals surface area contributed by atoms with Crippen molar-refractivity contribution >= 4 is 5.69 Å². The summed E-state index contributed by atoms with van der Waals surface area (Å²) in [6.45, 7) is 2.75. The van der Waals surface area contributed by atoms with Crippen molar-refractivity contribution in [1.29, 1.82) is 0 Å². The number of aryl methyl sites for hydroxylation is 1. The molecule has 2 heterocycles. The van der Waals surface area contributed by atoms with Gasteiger partial charge in [-0.3, -0.25) is 4.98 Å². The number of hydrogen-bond donors (Lipinski definition) is 1. The first-order valence-electron chi connectivity index (χ1n) is 6.85. The van der Waals surface area contributed by atoms with Crippen molar-refractivity contribution in [2.45, 2.75) is 13.3 Å². The van der Waals surface area contributed by atoms with Gasteiger partial charge < -0.3 is 9.84 Å². The zero-order valence-corrected chi connectivity index (χ0v) is 11.8. The molecule has 106 valence electrons. The fourth-order valence-corrected chi connectivity index (χ4v) is 2.03. The highest BCUT2D eigenvalue weighted by molar-refractivity contribution is 5.57. The van der Waals surface area contributed by atoms with E-state index in [0.717, 1.165) is 23.4 Å². The second kappa shape index (κ2) is 6.17. The lowest BCUT2D eigenvalue weighted by molar-refractivity contribution is 0.381. The van der Waals surface area contributed by atoms with Gasteiger partial charge in [0.15, 0.2) is 0 Å². The van der Waals surface area contributed by atoms with Crippen LogP contribution in [0.5, 0.6) is 0 Å². The fraction of sp³-hybridized carbons (Fsp3) is 0.188. The van der Waals surface area contributed by atoms with Gasteiger partial charge in [-0.2, -0.15) is 4.98 Å². The number of nitrogens with one attached hydrogen (secondary N) is 1. The predicted octanol–water partition coefficient (Wildman–Crippen LogP) is 3.09. The summed E-state index contributed by atoms with van der Waals surface area (Å²) in [7, 11) is 0. The number of benzene rings is 1. The van der Waals surface area contributed by atoms with Crippen LogP contribution in [0.4, 0.5) is 5.69 Å². The second-order valence-corrected chi connectivity index (χ2v) is 4.75. The maximum absolute atomic E-state index is 5.28. The Morgan fingerprint density at radius 2 is 2.00 bits per heavy atom. The molecule has 1 N–H and O–H groups in total. The van der Waals surface area contributed by atoms with Crippen molar-refractivity contribution in [2.24, 2.45) is 0 Å². The van der Waals surface area contributed by atoms with Crippen LogP contribution < -0.4 is 5.32 Å². The fourth-order valence-electron chi connectivity index (χ4n) is 2.03. The Morgan fingerprint density at radius 3 is 2.81 bits per heavy atom. The molecule has 2 aromatic heterocycles. The molecule has 5 heteroatoms. The summed E-state index contributed by atoms with van der Waals surface area (Å²) in [6.07, 6.45) is 4.19. The summed E-state index contributed by atoms with van der Waals surface area (Å²) in [4.78, 5) is 8.51. The van der Waals surface area contributed by atoms with E-state index in [9.17, 15) is 0 Å². The highest BCUT2D eigenvalue weighted by atomic mass is 16.5. The van der Waals surface area contributed by atoms with Gasteiger partial charge in [-0.1, -0.05) is 23.4 Å². The van der Waals surface area contributed by atoms with Crippen LogP contribution in [0.3, 0.4) is 0 Å². The first-order chi connectivity index (χ1) is 10.3. The van der Waals surface area contributed by atoms with E-state index in [4.69, 9.17) is 4.52 Å². The summed E-state index contributed by atoms with van der Waals surface area (Å²) < 4.78 is 5.28. The Bertz CT molecular complexity index is 709. The van der Waals surface area contributed by atoms with Gasteiger partial charge in [0.2, 0.25) is 11.7 Å². The highest BCUT2D eigenvalue weighted by Crippen LogP contribution is 2.18. The van der Waals surface area contributed by atoms with Gasteiger partial charge in [0.1, 0.15) is 0 Å². The molecule has 0 aliphatic carbocycles. The molecule has 3 aromatic rings. The van der Waals surface area contributed by atoms with E-state index in [1.807, 2.05) is 43.3 Å². The molecule has 21 heavy (non-hydrogen) atoms. The molecule has 0 unspecified atom stereocenters. The normalized spacial score (nSPS) is 10.5.